The van der Waals surface area contributed by atoms with E-state index < -0.39 is 35.8 Å². The topological polar surface area (TPSA) is 84.9 Å². The Morgan fingerprint density at radius 3 is 2.26 bits per heavy atom. The van der Waals surface area contributed by atoms with Crippen LogP contribution < -0.4 is 15.0 Å². The van der Waals surface area contributed by atoms with Crippen molar-refractivity contribution in [3.63, 3.8) is 0 Å². The van der Waals surface area contributed by atoms with Gasteiger partial charge in [-0.1, -0.05) is 30.3 Å². The third kappa shape index (κ3) is 9.21. The van der Waals surface area contributed by atoms with E-state index in [0.29, 0.717) is 28.1 Å². The number of aryl methyl sites for hydroxylation is 1. The van der Waals surface area contributed by atoms with Crippen LogP contribution in [0.2, 0.25) is 0 Å². The van der Waals surface area contributed by atoms with Gasteiger partial charge in [-0.25, -0.2) is 9.18 Å². The highest BCUT2D eigenvalue weighted by Gasteiger charge is 2.34. The summed E-state index contributed by atoms with van der Waals surface area (Å²) in [4.78, 5) is 41.6. The lowest BCUT2D eigenvalue weighted by molar-refractivity contribution is -0.274. The van der Waals surface area contributed by atoms with E-state index in [0.717, 1.165) is 17.7 Å². The first-order valence-electron chi connectivity index (χ1n) is 13.4. The molecular formula is C31H30F4N2O5S. The standard InChI is InChI=1S/C31H30F4N2O5S/c1-30(2,3)42-29(40)36-24-18-43-27-15-9-21(26(38)14-8-19-4-10-22(32)11-5-19)16-25(27)37(28(24)39)17-20-6-12-23(13-7-20)41-31(33,34)35/h4-7,9-13,15-16,24H,8,14,17-18H2,1-3H3,(H,36,40)/t24-/m0/s1. The predicted octanol–water partition coefficient (Wildman–Crippen LogP) is 7.07. The number of nitrogens with one attached hydrogen (secondary N) is 1. The number of thioether (sulfide) groups is 1. The average Bonchev–Trinajstić information content (AvgIpc) is 3.03. The molecular weight excluding hydrogens is 588 g/mol. The number of hydrogen-bond donors (Lipinski definition) is 1. The van der Waals surface area contributed by atoms with Crippen LogP contribution in [-0.4, -0.2) is 41.5 Å². The van der Waals surface area contributed by atoms with Crippen molar-refractivity contribution < 1.29 is 41.4 Å². The number of alkyl halides is 3. The summed E-state index contributed by atoms with van der Waals surface area (Å²) < 4.78 is 60.4. The minimum absolute atomic E-state index is 0.0571. The zero-order valence-electron chi connectivity index (χ0n) is 23.7. The van der Waals surface area contributed by atoms with Crippen LogP contribution in [0.5, 0.6) is 5.75 Å². The summed E-state index contributed by atoms with van der Waals surface area (Å²) in [6, 6.07) is 15.0. The number of fused-ring (bicyclic) bond motifs is 1. The van der Waals surface area contributed by atoms with E-state index in [-0.39, 0.29) is 30.3 Å². The molecule has 1 aliphatic rings. The number of alkyl carbamates (subject to hydrolysis) is 1. The Morgan fingerprint density at radius 1 is 0.977 bits per heavy atom. The fraction of sp³-hybridized carbons (Fsp3) is 0.323. The molecule has 0 aromatic heterocycles. The third-order valence-corrected chi connectivity index (χ3v) is 7.44. The van der Waals surface area contributed by atoms with Crippen molar-refractivity contribution in [3.8, 4) is 5.75 Å². The number of Topliss-reactive ketones (excluding diaryl/α,β-unsaturated/α-hetero) is 1. The minimum Gasteiger partial charge on any atom is -0.444 e. The van der Waals surface area contributed by atoms with Crippen molar-refractivity contribution in [1.82, 2.24) is 5.32 Å². The number of ether oxygens (including phenoxy) is 2. The number of ketones is 1. The van der Waals surface area contributed by atoms with Gasteiger partial charge in [0.1, 0.15) is 23.2 Å². The van der Waals surface area contributed by atoms with Crippen molar-refractivity contribution in [2.24, 2.45) is 0 Å². The van der Waals surface area contributed by atoms with Gasteiger partial charge in [0.2, 0.25) is 0 Å². The second kappa shape index (κ2) is 13.1. The van der Waals surface area contributed by atoms with E-state index in [1.165, 1.54) is 40.9 Å². The van der Waals surface area contributed by atoms with Crippen molar-refractivity contribution in [2.75, 3.05) is 10.7 Å². The predicted molar refractivity (Wildman–Crippen MR) is 154 cm³/mol. The highest BCUT2D eigenvalue weighted by atomic mass is 32.2. The van der Waals surface area contributed by atoms with Crippen LogP contribution in [0.15, 0.2) is 71.6 Å². The number of anilines is 1. The van der Waals surface area contributed by atoms with Gasteiger partial charge in [-0.3, -0.25) is 9.59 Å². The Labute approximate surface area is 250 Å². The maximum Gasteiger partial charge on any atom is 0.573 e. The number of rotatable bonds is 8. The molecule has 0 fully saturated rings. The molecule has 3 aromatic rings. The molecule has 12 heteroatoms. The molecule has 0 radical (unpaired) electrons. The first-order chi connectivity index (χ1) is 20.2. The first kappa shape index (κ1) is 31.9. The normalized spacial score (nSPS) is 15.4. The molecule has 1 heterocycles. The smallest absolute Gasteiger partial charge is 0.444 e. The minimum atomic E-state index is -4.85. The van der Waals surface area contributed by atoms with Gasteiger partial charge in [-0.05, 0) is 74.7 Å². The van der Waals surface area contributed by atoms with Gasteiger partial charge in [0.05, 0.1) is 12.2 Å². The maximum atomic E-state index is 13.8. The Kier molecular flexibility index (Phi) is 9.69. The Morgan fingerprint density at radius 2 is 1.63 bits per heavy atom. The van der Waals surface area contributed by atoms with Crippen molar-refractivity contribution in [2.45, 2.75) is 63.1 Å². The summed E-state index contributed by atoms with van der Waals surface area (Å²) >= 11 is 1.31. The van der Waals surface area contributed by atoms with E-state index in [1.54, 1.807) is 51.1 Å². The molecule has 43 heavy (non-hydrogen) atoms. The van der Waals surface area contributed by atoms with Gasteiger partial charge >= 0.3 is 12.5 Å². The number of carbonyl (C=O) groups is 3. The van der Waals surface area contributed by atoms with Gasteiger partial charge in [-0.15, -0.1) is 24.9 Å². The fourth-order valence-electron chi connectivity index (χ4n) is 4.32. The number of amides is 2. The molecule has 0 saturated heterocycles. The summed E-state index contributed by atoms with van der Waals surface area (Å²) in [7, 11) is 0. The van der Waals surface area contributed by atoms with Crippen LogP contribution >= 0.6 is 11.8 Å². The number of nitrogens with zero attached hydrogens (tertiary/aromatic N) is 1. The average molecular weight is 619 g/mol. The quantitative estimate of drug-likeness (QED) is 0.215. The number of carbonyl (C=O) groups excluding carboxylic acids is 3. The Balaban J connectivity index is 1.61. The molecule has 228 valence electrons. The van der Waals surface area contributed by atoms with E-state index in [4.69, 9.17) is 4.74 Å². The molecule has 1 aliphatic heterocycles. The molecule has 0 bridgehead atoms. The van der Waals surface area contributed by atoms with Gasteiger partial charge in [0, 0.05) is 22.6 Å². The SMILES string of the molecule is CC(C)(C)OC(=O)N[C@H]1CSc2ccc(C(=O)CCc3ccc(F)cc3)cc2N(Cc2ccc(OC(F)(F)F)cc2)C1=O. The van der Waals surface area contributed by atoms with Crippen LogP contribution in [-0.2, 0) is 22.5 Å². The summed E-state index contributed by atoms with van der Waals surface area (Å²) in [5, 5.41) is 2.62. The lowest BCUT2D eigenvalue weighted by atomic mass is 10.0. The van der Waals surface area contributed by atoms with Crippen molar-refractivity contribution >= 4 is 35.2 Å². The number of halogens is 4. The molecule has 1 atom stereocenters. The van der Waals surface area contributed by atoms with Crippen LogP contribution in [0.25, 0.3) is 0 Å². The molecule has 0 aliphatic carbocycles. The van der Waals surface area contributed by atoms with Crippen LogP contribution in [0.4, 0.5) is 28.0 Å². The Hall–Kier alpha value is -4.06. The van der Waals surface area contributed by atoms with E-state index >= 15 is 0 Å². The maximum absolute atomic E-state index is 13.8. The zero-order chi connectivity index (χ0) is 31.4. The molecule has 7 nitrogen and oxygen atoms in total. The number of benzene rings is 3. The largest absolute Gasteiger partial charge is 0.573 e. The highest BCUT2D eigenvalue weighted by molar-refractivity contribution is 7.99. The van der Waals surface area contributed by atoms with Crippen LogP contribution in [0, 0.1) is 5.82 Å². The molecule has 0 unspecified atom stereocenters. The monoisotopic (exact) mass is 618 g/mol. The van der Waals surface area contributed by atoms with Crippen molar-refractivity contribution in [3.05, 3.63) is 89.2 Å². The lowest BCUT2D eigenvalue weighted by Gasteiger charge is -2.27. The van der Waals surface area contributed by atoms with E-state index in [2.05, 4.69) is 10.1 Å². The second-order valence-corrected chi connectivity index (χ2v) is 11.9. The summed E-state index contributed by atoms with van der Waals surface area (Å²) in [5.41, 5.74) is 1.27. The van der Waals surface area contributed by atoms with Gasteiger partial charge < -0.3 is 19.7 Å². The van der Waals surface area contributed by atoms with Crippen molar-refractivity contribution in [1.29, 1.82) is 0 Å². The zero-order valence-corrected chi connectivity index (χ0v) is 24.5. The first-order valence-corrected chi connectivity index (χ1v) is 14.4. The molecule has 4 rings (SSSR count). The highest BCUT2D eigenvalue weighted by Crippen LogP contribution is 2.37. The van der Waals surface area contributed by atoms with Gasteiger partial charge in [0.15, 0.2) is 5.78 Å². The summed E-state index contributed by atoms with van der Waals surface area (Å²) in [6.45, 7) is 5.02. The molecule has 0 spiro atoms. The van der Waals surface area contributed by atoms with Gasteiger partial charge in [0.25, 0.3) is 5.91 Å². The number of hydrogen-bond acceptors (Lipinski definition) is 6. The van der Waals surface area contributed by atoms with Crippen LogP contribution in [0.1, 0.15) is 48.7 Å². The Bertz CT molecular complexity index is 1470. The molecule has 3 aromatic carbocycles. The summed E-state index contributed by atoms with van der Waals surface area (Å²) in [6.07, 6.45) is -5.09. The van der Waals surface area contributed by atoms with Crippen LogP contribution in [0.3, 0.4) is 0 Å². The molecule has 1 N–H and O–H groups in total. The summed E-state index contributed by atoms with van der Waals surface area (Å²) in [5.74, 6) is -1.27. The molecule has 2 amide bonds. The van der Waals surface area contributed by atoms with Gasteiger partial charge in [-0.2, -0.15) is 0 Å². The van der Waals surface area contributed by atoms with E-state index in [1.807, 2.05) is 0 Å². The van der Waals surface area contributed by atoms with E-state index in [9.17, 15) is 31.9 Å². The third-order valence-electron chi connectivity index (χ3n) is 6.28. The second-order valence-electron chi connectivity index (χ2n) is 10.9. The lowest BCUT2D eigenvalue weighted by Crippen LogP contribution is -2.50. The molecule has 0 saturated carbocycles. The fourth-order valence-corrected chi connectivity index (χ4v) is 5.38.